The first-order chi connectivity index (χ1) is 13.7. The number of carbonyl (C=O) groups is 1. The van der Waals surface area contributed by atoms with Gasteiger partial charge in [0.1, 0.15) is 0 Å². The predicted molar refractivity (Wildman–Crippen MR) is 107 cm³/mol. The largest absolute Gasteiger partial charge is 0.326 e. The fraction of sp³-hybridized carbons (Fsp3) is 0.158. The quantitative estimate of drug-likeness (QED) is 0.583. The summed E-state index contributed by atoms with van der Waals surface area (Å²) in [5, 5.41) is 4.32. The number of carbonyl (C=O) groups excluding carboxylic acids is 1. The summed E-state index contributed by atoms with van der Waals surface area (Å²) < 4.78 is 53.2. The number of thiazole rings is 1. The van der Waals surface area contributed by atoms with Gasteiger partial charge in [0, 0.05) is 23.6 Å². The van der Waals surface area contributed by atoms with Crippen molar-refractivity contribution < 1.29 is 22.0 Å². The van der Waals surface area contributed by atoms with Crippen LogP contribution in [-0.4, -0.2) is 19.3 Å². The van der Waals surface area contributed by atoms with Crippen molar-refractivity contribution in [2.24, 2.45) is 0 Å². The monoisotopic (exact) mass is 437 g/mol. The van der Waals surface area contributed by atoms with E-state index in [9.17, 15) is 22.0 Å². The summed E-state index contributed by atoms with van der Waals surface area (Å²) in [6.45, 7) is 1.86. The third-order valence-corrected chi connectivity index (χ3v) is 6.21. The van der Waals surface area contributed by atoms with Crippen molar-refractivity contribution in [2.75, 3.05) is 10.0 Å². The van der Waals surface area contributed by atoms with E-state index in [0.717, 1.165) is 29.0 Å². The molecule has 3 rings (SSSR count). The number of aromatic nitrogens is 1. The third-order valence-electron chi connectivity index (χ3n) is 3.92. The Bertz CT molecular complexity index is 1130. The average molecular weight is 437 g/mol. The molecule has 1 amide bonds. The lowest BCUT2D eigenvalue weighted by molar-refractivity contribution is -0.116. The van der Waals surface area contributed by atoms with Crippen LogP contribution in [0.5, 0.6) is 0 Å². The van der Waals surface area contributed by atoms with Crippen LogP contribution >= 0.6 is 11.3 Å². The number of hydrogen-bond donors (Lipinski definition) is 2. The summed E-state index contributed by atoms with van der Waals surface area (Å²) in [7, 11) is -3.74. The van der Waals surface area contributed by atoms with Crippen LogP contribution in [0.4, 0.5) is 19.6 Å². The number of nitrogens with one attached hydrogen (secondary N) is 2. The number of nitrogens with zero attached hydrogens (tertiary/aromatic N) is 1. The summed E-state index contributed by atoms with van der Waals surface area (Å²) >= 11 is 1.11. The van der Waals surface area contributed by atoms with Crippen molar-refractivity contribution in [3.8, 4) is 0 Å². The van der Waals surface area contributed by atoms with Crippen LogP contribution in [0.3, 0.4) is 0 Å². The summed E-state index contributed by atoms with van der Waals surface area (Å²) in [4.78, 5) is 16.3. The second-order valence-corrected chi connectivity index (χ2v) is 8.78. The first-order valence-electron chi connectivity index (χ1n) is 8.52. The lowest BCUT2D eigenvalue weighted by Gasteiger charge is -2.05. The van der Waals surface area contributed by atoms with E-state index in [-0.39, 0.29) is 28.6 Å². The summed E-state index contributed by atoms with van der Waals surface area (Å²) in [5.41, 5.74) is 1.64. The second kappa shape index (κ2) is 8.66. The molecule has 0 spiro atoms. The smallest absolute Gasteiger partial charge is 0.263 e. The maximum absolute atomic E-state index is 13.2. The van der Waals surface area contributed by atoms with Crippen LogP contribution in [0.1, 0.15) is 17.7 Å². The molecule has 10 heteroatoms. The standard InChI is InChI=1S/C19H17F2N3O3S2/c1-12-2-6-15(7-3-12)29(26,27)24-19-23-14(11-28-19)5-9-18(25)22-13-4-8-16(20)17(21)10-13/h2-4,6-8,10-11H,5,9H2,1H3,(H,22,25)(H,23,24). The van der Waals surface area contributed by atoms with Crippen molar-refractivity contribution >= 4 is 38.1 Å². The number of anilines is 2. The van der Waals surface area contributed by atoms with Gasteiger partial charge in [-0.25, -0.2) is 22.2 Å². The zero-order valence-corrected chi connectivity index (χ0v) is 16.9. The molecule has 1 aromatic heterocycles. The van der Waals surface area contributed by atoms with Crippen molar-refractivity contribution in [1.82, 2.24) is 4.98 Å². The second-order valence-electron chi connectivity index (χ2n) is 6.24. The summed E-state index contributed by atoms with van der Waals surface area (Å²) in [6, 6.07) is 9.51. The van der Waals surface area contributed by atoms with Crippen molar-refractivity contribution in [3.63, 3.8) is 0 Å². The molecule has 0 atom stereocenters. The molecule has 6 nitrogen and oxygen atoms in total. The van der Waals surface area contributed by atoms with Gasteiger partial charge in [0.2, 0.25) is 5.91 Å². The topological polar surface area (TPSA) is 88.2 Å². The van der Waals surface area contributed by atoms with E-state index < -0.39 is 27.6 Å². The third kappa shape index (κ3) is 5.58. The van der Waals surface area contributed by atoms with Crippen LogP contribution in [0.2, 0.25) is 0 Å². The number of aryl methyl sites for hydroxylation is 2. The van der Waals surface area contributed by atoms with Crippen LogP contribution < -0.4 is 10.0 Å². The molecule has 0 bridgehead atoms. The van der Waals surface area contributed by atoms with E-state index >= 15 is 0 Å². The predicted octanol–water partition coefficient (Wildman–Crippen LogP) is 4.10. The van der Waals surface area contributed by atoms with Gasteiger partial charge in [0.05, 0.1) is 10.6 Å². The molecule has 0 unspecified atom stereocenters. The van der Waals surface area contributed by atoms with Gasteiger partial charge in [-0.05, 0) is 37.6 Å². The van der Waals surface area contributed by atoms with Gasteiger partial charge >= 0.3 is 0 Å². The minimum absolute atomic E-state index is 0.0485. The number of sulfonamides is 1. The number of benzene rings is 2. The molecule has 3 aromatic rings. The highest BCUT2D eigenvalue weighted by Crippen LogP contribution is 2.21. The van der Waals surface area contributed by atoms with Gasteiger partial charge in [-0.2, -0.15) is 0 Å². The first kappa shape index (κ1) is 20.9. The maximum atomic E-state index is 13.2. The minimum Gasteiger partial charge on any atom is -0.326 e. The van der Waals surface area contributed by atoms with E-state index in [1.807, 2.05) is 6.92 Å². The van der Waals surface area contributed by atoms with E-state index in [1.54, 1.807) is 17.5 Å². The molecule has 0 radical (unpaired) electrons. The van der Waals surface area contributed by atoms with Gasteiger partial charge in [0.25, 0.3) is 10.0 Å². The molecule has 29 heavy (non-hydrogen) atoms. The summed E-state index contributed by atoms with van der Waals surface area (Å²) in [5.74, 6) is -2.44. The Balaban J connectivity index is 1.56. The Labute approximate surface area is 170 Å². The van der Waals surface area contributed by atoms with Crippen LogP contribution in [0, 0.1) is 18.6 Å². The molecule has 0 aliphatic carbocycles. The molecule has 0 saturated heterocycles. The van der Waals surface area contributed by atoms with Gasteiger partial charge in [0.15, 0.2) is 16.8 Å². The fourth-order valence-corrected chi connectivity index (χ4v) is 4.40. The summed E-state index contributed by atoms with van der Waals surface area (Å²) in [6.07, 6.45) is 0.311. The zero-order valence-electron chi connectivity index (χ0n) is 15.3. The number of halogens is 2. The van der Waals surface area contributed by atoms with Crippen molar-refractivity contribution in [1.29, 1.82) is 0 Å². The van der Waals surface area contributed by atoms with Gasteiger partial charge in [-0.3, -0.25) is 9.52 Å². The molecule has 0 fully saturated rings. The normalized spacial score (nSPS) is 11.3. The van der Waals surface area contributed by atoms with Crippen LogP contribution in [0.15, 0.2) is 52.7 Å². The molecule has 2 aromatic carbocycles. The Morgan fingerprint density at radius 1 is 1.10 bits per heavy atom. The molecular weight excluding hydrogens is 420 g/mol. The maximum Gasteiger partial charge on any atom is 0.263 e. The minimum atomic E-state index is -3.74. The lowest BCUT2D eigenvalue weighted by atomic mass is 10.2. The first-order valence-corrected chi connectivity index (χ1v) is 10.9. The molecule has 0 aliphatic heterocycles. The SMILES string of the molecule is Cc1ccc(S(=O)(=O)Nc2nc(CCC(=O)Nc3ccc(F)c(F)c3)cs2)cc1. The zero-order chi connectivity index (χ0) is 21.0. The molecule has 1 heterocycles. The highest BCUT2D eigenvalue weighted by atomic mass is 32.2. The van der Waals surface area contributed by atoms with E-state index in [0.29, 0.717) is 5.69 Å². The Morgan fingerprint density at radius 2 is 1.83 bits per heavy atom. The van der Waals surface area contributed by atoms with Crippen molar-refractivity contribution in [2.45, 2.75) is 24.7 Å². The van der Waals surface area contributed by atoms with Crippen LogP contribution in [0.25, 0.3) is 0 Å². The number of hydrogen-bond acceptors (Lipinski definition) is 5. The van der Waals surface area contributed by atoms with E-state index in [4.69, 9.17) is 0 Å². The number of amides is 1. The molecule has 152 valence electrons. The number of rotatable bonds is 7. The van der Waals surface area contributed by atoms with Gasteiger partial charge in [-0.15, -0.1) is 11.3 Å². The molecule has 0 saturated carbocycles. The highest BCUT2D eigenvalue weighted by molar-refractivity contribution is 7.93. The lowest BCUT2D eigenvalue weighted by Crippen LogP contribution is -2.13. The highest BCUT2D eigenvalue weighted by Gasteiger charge is 2.16. The van der Waals surface area contributed by atoms with Crippen LogP contribution in [-0.2, 0) is 21.2 Å². The van der Waals surface area contributed by atoms with Gasteiger partial charge in [-0.1, -0.05) is 17.7 Å². The molecule has 2 N–H and O–H groups in total. The van der Waals surface area contributed by atoms with E-state index in [2.05, 4.69) is 15.0 Å². The molecular formula is C19H17F2N3O3S2. The Kier molecular flexibility index (Phi) is 6.23. The Morgan fingerprint density at radius 3 is 2.52 bits per heavy atom. The molecule has 0 aliphatic rings. The van der Waals surface area contributed by atoms with Gasteiger partial charge < -0.3 is 5.32 Å². The van der Waals surface area contributed by atoms with Crippen molar-refractivity contribution in [3.05, 3.63) is 70.7 Å². The average Bonchev–Trinajstić information content (AvgIpc) is 3.10. The Hall–Kier alpha value is -2.85. The fourth-order valence-electron chi connectivity index (χ4n) is 2.40. The van der Waals surface area contributed by atoms with E-state index in [1.165, 1.54) is 18.2 Å².